The highest BCUT2D eigenvalue weighted by Gasteiger charge is 2.18. The SMILES string of the molecule is CCCN(C(=O)c1cc(F)cc(Br)c1)c1cccc(N)c1. The summed E-state index contributed by atoms with van der Waals surface area (Å²) in [6.45, 7) is 2.52. The van der Waals surface area contributed by atoms with Crippen molar-refractivity contribution in [3.05, 3.63) is 58.3 Å². The molecular weight excluding hydrogens is 335 g/mol. The second-order valence-corrected chi connectivity index (χ2v) is 5.63. The molecule has 1 amide bonds. The van der Waals surface area contributed by atoms with E-state index in [9.17, 15) is 9.18 Å². The zero-order valence-electron chi connectivity index (χ0n) is 11.6. The average molecular weight is 351 g/mol. The van der Waals surface area contributed by atoms with Crippen LogP contribution in [0, 0.1) is 5.82 Å². The maximum atomic E-state index is 13.5. The number of amides is 1. The minimum atomic E-state index is -0.447. The Kier molecular flexibility index (Phi) is 4.96. The van der Waals surface area contributed by atoms with E-state index < -0.39 is 5.82 Å². The minimum absolute atomic E-state index is 0.248. The van der Waals surface area contributed by atoms with Crippen LogP contribution in [0.4, 0.5) is 15.8 Å². The lowest BCUT2D eigenvalue weighted by atomic mass is 10.1. The predicted octanol–water partition coefficient (Wildman–Crippen LogP) is 4.23. The molecule has 3 nitrogen and oxygen atoms in total. The Morgan fingerprint density at radius 1 is 1.29 bits per heavy atom. The Balaban J connectivity index is 2.39. The number of carbonyl (C=O) groups is 1. The number of hydrogen-bond acceptors (Lipinski definition) is 2. The van der Waals surface area contributed by atoms with E-state index in [-0.39, 0.29) is 5.91 Å². The summed E-state index contributed by atoms with van der Waals surface area (Å²) < 4.78 is 14.0. The molecule has 0 radical (unpaired) electrons. The Morgan fingerprint density at radius 2 is 2.05 bits per heavy atom. The van der Waals surface area contributed by atoms with Crippen LogP contribution in [0.15, 0.2) is 46.9 Å². The van der Waals surface area contributed by atoms with Gasteiger partial charge in [-0.15, -0.1) is 0 Å². The van der Waals surface area contributed by atoms with Crippen molar-refractivity contribution >= 4 is 33.2 Å². The van der Waals surface area contributed by atoms with E-state index in [1.54, 1.807) is 29.2 Å². The molecule has 2 aromatic rings. The summed E-state index contributed by atoms with van der Waals surface area (Å²) in [5.74, 6) is -0.695. The van der Waals surface area contributed by atoms with Crippen LogP contribution in [-0.2, 0) is 0 Å². The maximum absolute atomic E-state index is 13.5. The molecule has 0 fully saturated rings. The zero-order chi connectivity index (χ0) is 15.4. The number of rotatable bonds is 4. The molecule has 0 bridgehead atoms. The number of nitrogen functional groups attached to an aromatic ring is 1. The van der Waals surface area contributed by atoms with Gasteiger partial charge in [0.25, 0.3) is 5.91 Å². The van der Waals surface area contributed by atoms with E-state index in [1.807, 2.05) is 13.0 Å². The molecule has 21 heavy (non-hydrogen) atoms. The summed E-state index contributed by atoms with van der Waals surface area (Å²) >= 11 is 3.21. The van der Waals surface area contributed by atoms with E-state index >= 15 is 0 Å². The second kappa shape index (κ2) is 6.72. The van der Waals surface area contributed by atoms with Crippen molar-refractivity contribution in [2.45, 2.75) is 13.3 Å². The van der Waals surface area contributed by atoms with E-state index in [0.717, 1.165) is 6.42 Å². The van der Waals surface area contributed by atoms with Gasteiger partial charge in [0.2, 0.25) is 0 Å². The van der Waals surface area contributed by atoms with Crippen LogP contribution < -0.4 is 10.6 Å². The maximum Gasteiger partial charge on any atom is 0.258 e. The van der Waals surface area contributed by atoms with Gasteiger partial charge in [-0.05, 0) is 42.8 Å². The molecule has 0 saturated heterocycles. The molecule has 2 N–H and O–H groups in total. The summed E-state index contributed by atoms with van der Waals surface area (Å²) in [6, 6.07) is 11.3. The van der Waals surface area contributed by atoms with Gasteiger partial charge >= 0.3 is 0 Å². The number of benzene rings is 2. The van der Waals surface area contributed by atoms with Crippen molar-refractivity contribution in [1.82, 2.24) is 0 Å². The third kappa shape index (κ3) is 3.82. The molecule has 0 heterocycles. The van der Waals surface area contributed by atoms with Gasteiger partial charge in [0, 0.05) is 28.0 Å². The van der Waals surface area contributed by atoms with Crippen molar-refractivity contribution in [1.29, 1.82) is 0 Å². The number of carbonyl (C=O) groups excluding carboxylic acids is 1. The monoisotopic (exact) mass is 350 g/mol. The molecule has 2 aromatic carbocycles. The van der Waals surface area contributed by atoms with E-state index in [2.05, 4.69) is 15.9 Å². The third-order valence-electron chi connectivity index (χ3n) is 2.98. The summed E-state index contributed by atoms with van der Waals surface area (Å²) in [4.78, 5) is 14.3. The van der Waals surface area contributed by atoms with Crippen molar-refractivity contribution in [2.24, 2.45) is 0 Å². The van der Waals surface area contributed by atoms with Gasteiger partial charge in [-0.25, -0.2) is 4.39 Å². The van der Waals surface area contributed by atoms with Gasteiger partial charge < -0.3 is 10.6 Å². The minimum Gasteiger partial charge on any atom is -0.399 e. The van der Waals surface area contributed by atoms with Crippen molar-refractivity contribution in [2.75, 3.05) is 17.2 Å². The lowest BCUT2D eigenvalue weighted by molar-refractivity contribution is 0.0986. The van der Waals surface area contributed by atoms with Crippen molar-refractivity contribution in [3.8, 4) is 0 Å². The quantitative estimate of drug-likeness (QED) is 0.838. The summed E-state index contributed by atoms with van der Waals surface area (Å²) in [5.41, 5.74) is 7.37. The molecule has 2 rings (SSSR count). The van der Waals surface area contributed by atoms with Gasteiger partial charge in [-0.1, -0.05) is 28.9 Å². The van der Waals surface area contributed by atoms with Crippen molar-refractivity contribution < 1.29 is 9.18 Å². The molecule has 0 saturated carbocycles. The molecule has 0 aliphatic rings. The van der Waals surface area contributed by atoms with Crippen LogP contribution in [0.3, 0.4) is 0 Å². The number of nitrogens with two attached hydrogens (primary N) is 1. The number of halogens is 2. The topological polar surface area (TPSA) is 46.3 Å². The first-order valence-electron chi connectivity index (χ1n) is 6.64. The zero-order valence-corrected chi connectivity index (χ0v) is 13.2. The highest BCUT2D eigenvalue weighted by Crippen LogP contribution is 2.22. The average Bonchev–Trinajstić information content (AvgIpc) is 2.43. The predicted molar refractivity (Wildman–Crippen MR) is 86.9 cm³/mol. The highest BCUT2D eigenvalue weighted by molar-refractivity contribution is 9.10. The summed E-state index contributed by atoms with van der Waals surface area (Å²) in [7, 11) is 0. The lowest BCUT2D eigenvalue weighted by Crippen LogP contribution is -2.31. The Labute approximate surface area is 131 Å². The smallest absolute Gasteiger partial charge is 0.258 e. The largest absolute Gasteiger partial charge is 0.399 e. The number of anilines is 2. The fourth-order valence-corrected chi connectivity index (χ4v) is 2.56. The van der Waals surface area contributed by atoms with Gasteiger partial charge in [-0.2, -0.15) is 0 Å². The number of hydrogen-bond donors (Lipinski definition) is 1. The Morgan fingerprint density at radius 3 is 2.67 bits per heavy atom. The fourth-order valence-electron chi connectivity index (χ4n) is 2.10. The molecule has 0 atom stereocenters. The summed E-state index contributed by atoms with van der Waals surface area (Å²) in [5, 5.41) is 0. The van der Waals surface area contributed by atoms with Gasteiger partial charge in [0.1, 0.15) is 5.82 Å². The second-order valence-electron chi connectivity index (χ2n) is 4.71. The van der Waals surface area contributed by atoms with Crippen LogP contribution in [0.25, 0.3) is 0 Å². The van der Waals surface area contributed by atoms with Crippen LogP contribution in [0.1, 0.15) is 23.7 Å². The van der Waals surface area contributed by atoms with Crippen LogP contribution >= 0.6 is 15.9 Å². The normalized spacial score (nSPS) is 10.4. The molecular formula is C16H16BrFN2O. The Hall–Kier alpha value is -1.88. The van der Waals surface area contributed by atoms with Gasteiger partial charge in [-0.3, -0.25) is 4.79 Å². The van der Waals surface area contributed by atoms with Crippen LogP contribution in [0.2, 0.25) is 0 Å². The lowest BCUT2D eigenvalue weighted by Gasteiger charge is -2.23. The molecule has 0 unspecified atom stereocenters. The van der Waals surface area contributed by atoms with E-state index in [0.29, 0.717) is 28.0 Å². The molecule has 110 valence electrons. The van der Waals surface area contributed by atoms with Gasteiger partial charge in [0.05, 0.1) is 0 Å². The fraction of sp³-hybridized carbons (Fsp3) is 0.188. The molecule has 0 aliphatic heterocycles. The molecule has 0 aromatic heterocycles. The van der Waals surface area contributed by atoms with Gasteiger partial charge in [0.15, 0.2) is 0 Å². The first kappa shape index (κ1) is 15.5. The molecule has 0 spiro atoms. The highest BCUT2D eigenvalue weighted by atomic mass is 79.9. The van der Waals surface area contributed by atoms with Crippen LogP contribution in [-0.4, -0.2) is 12.5 Å². The van der Waals surface area contributed by atoms with Crippen molar-refractivity contribution in [3.63, 3.8) is 0 Å². The first-order valence-corrected chi connectivity index (χ1v) is 7.44. The molecule has 5 heteroatoms. The standard InChI is InChI=1S/C16H16BrFN2O/c1-2-6-20(15-5-3-4-14(19)10-15)16(21)11-7-12(17)9-13(18)8-11/h3-5,7-10H,2,6,19H2,1H3. The first-order chi connectivity index (χ1) is 10.0. The summed E-state index contributed by atoms with van der Waals surface area (Å²) in [6.07, 6.45) is 0.789. The van der Waals surface area contributed by atoms with E-state index in [1.165, 1.54) is 12.1 Å². The number of nitrogens with zero attached hydrogens (tertiary/aromatic N) is 1. The van der Waals surface area contributed by atoms with Crippen LogP contribution in [0.5, 0.6) is 0 Å². The Bertz CT molecular complexity index is 640. The van der Waals surface area contributed by atoms with E-state index in [4.69, 9.17) is 5.73 Å². The third-order valence-corrected chi connectivity index (χ3v) is 3.44. The molecule has 0 aliphatic carbocycles.